The molecule has 0 fully saturated rings. The lowest BCUT2D eigenvalue weighted by Gasteiger charge is -2.40. The largest absolute Gasteiger partial charge is 0.310 e. The number of hydrogen-bond acceptors (Lipinski definition) is 3. The van der Waals surface area contributed by atoms with E-state index in [1.165, 1.54) is 109 Å². The van der Waals surface area contributed by atoms with Gasteiger partial charge in [0, 0.05) is 36.6 Å². The van der Waals surface area contributed by atoms with Crippen molar-refractivity contribution in [1.82, 2.24) is 0 Å². The quantitative estimate of drug-likeness (QED) is 0.169. The van der Waals surface area contributed by atoms with Crippen molar-refractivity contribution in [2.75, 3.05) is 4.90 Å². The first kappa shape index (κ1) is 40.8. The van der Waals surface area contributed by atoms with Crippen LogP contribution in [-0.4, -0.2) is 0 Å². The lowest BCUT2D eigenvalue weighted by Crippen LogP contribution is -2.32. The molecule has 2 spiro atoms. The molecular formula is C68H43NS2. The predicted molar refractivity (Wildman–Crippen MR) is 295 cm³/mol. The van der Waals surface area contributed by atoms with E-state index in [9.17, 15) is 0 Å². The standard InChI is InChI=1S/C68H43NS2/c1-2-17-44(18-3-1)46-19-16-20-47(41-46)45-33-35-48(36-34-45)69(49-38-40-57-54(42-49)52-22-5-7-24-56(52)67(57)58-25-8-12-29-63(58)70-64-30-13-9-26-59(64)67)50-37-39-53-51-21-4-6-23-55(51)68(62(53)43-50)60-27-10-14-31-65(60)71-66-32-15-11-28-61(66)68/h1-43H. The van der Waals surface area contributed by atoms with E-state index < -0.39 is 10.8 Å². The summed E-state index contributed by atoms with van der Waals surface area (Å²) in [6.45, 7) is 0. The summed E-state index contributed by atoms with van der Waals surface area (Å²) in [4.78, 5) is 7.73. The maximum atomic E-state index is 2.52. The molecule has 2 aliphatic heterocycles. The number of nitrogens with zero attached hydrogens (tertiary/aromatic N) is 1. The highest BCUT2D eigenvalue weighted by molar-refractivity contribution is 7.99. The molecule has 2 heterocycles. The summed E-state index contributed by atoms with van der Waals surface area (Å²) in [6, 6.07) is 98.0. The van der Waals surface area contributed by atoms with Crippen LogP contribution in [0.5, 0.6) is 0 Å². The Morgan fingerprint density at radius 3 is 1.17 bits per heavy atom. The predicted octanol–water partition coefficient (Wildman–Crippen LogP) is 18.1. The number of rotatable bonds is 5. The summed E-state index contributed by atoms with van der Waals surface area (Å²) < 4.78 is 0. The van der Waals surface area contributed by atoms with Gasteiger partial charge in [-0.1, -0.05) is 218 Å². The topological polar surface area (TPSA) is 3.24 Å². The average molecular weight is 938 g/mol. The van der Waals surface area contributed by atoms with Crippen molar-refractivity contribution in [3.63, 3.8) is 0 Å². The van der Waals surface area contributed by atoms with Crippen LogP contribution in [0.15, 0.2) is 280 Å². The van der Waals surface area contributed by atoms with Crippen LogP contribution in [0, 0.1) is 0 Å². The third-order valence-electron chi connectivity index (χ3n) is 15.6. The van der Waals surface area contributed by atoms with E-state index in [0.29, 0.717) is 0 Å². The zero-order chi connectivity index (χ0) is 46.7. The fourth-order valence-electron chi connectivity index (χ4n) is 12.7. The minimum atomic E-state index is -0.497. The molecule has 11 aromatic rings. The molecule has 0 radical (unpaired) electrons. The second-order valence-electron chi connectivity index (χ2n) is 19.1. The van der Waals surface area contributed by atoms with Gasteiger partial charge in [-0.3, -0.25) is 0 Å². The molecule has 0 amide bonds. The molecule has 0 bridgehead atoms. The fourth-order valence-corrected chi connectivity index (χ4v) is 15.1. The summed E-state index contributed by atoms with van der Waals surface area (Å²) in [7, 11) is 0. The van der Waals surface area contributed by atoms with Gasteiger partial charge in [-0.25, -0.2) is 0 Å². The summed E-state index contributed by atoms with van der Waals surface area (Å²) in [6.07, 6.45) is 0. The van der Waals surface area contributed by atoms with Gasteiger partial charge in [0.1, 0.15) is 0 Å². The first-order valence-electron chi connectivity index (χ1n) is 24.5. The molecule has 0 saturated heterocycles. The zero-order valence-corrected chi connectivity index (χ0v) is 40.2. The van der Waals surface area contributed by atoms with Gasteiger partial charge in [-0.15, -0.1) is 0 Å². The maximum Gasteiger partial charge on any atom is 0.0736 e. The van der Waals surface area contributed by atoms with Crippen LogP contribution in [0.2, 0.25) is 0 Å². The van der Waals surface area contributed by atoms with E-state index in [1.54, 1.807) is 0 Å². The third kappa shape index (κ3) is 5.79. The monoisotopic (exact) mass is 937 g/mol. The Hall–Kier alpha value is -8.08. The van der Waals surface area contributed by atoms with Crippen molar-refractivity contribution >= 4 is 40.6 Å². The summed E-state index contributed by atoms with van der Waals surface area (Å²) in [5, 5.41) is 0. The third-order valence-corrected chi connectivity index (χ3v) is 17.9. The van der Waals surface area contributed by atoms with Crippen molar-refractivity contribution in [1.29, 1.82) is 0 Å². The molecule has 0 aromatic heterocycles. The van der Waals surface area contributed by atoms with E-state index in [1.807, 2.05) is 23.5 Å². The molecule has 332 valence electrons. The Balaban J connectivity index is 0.960. The van der Waals surface area contributed by atoms with Gasteiger partial charge in [0.05, 0.1) is 10.8 Å². The van der Waals surface area contributed by atoms with Crippen LogP contribution < -0.4 is 4.90 Å². The van der Waals surface area contributed by atoms with Crippen LogP contribution in [-0.2, 0) is 10.8 Å². The van der Waals surface area contributed by atoms with Crippen LogP contribution in [0.25, 0.3) is 44.5 Å². The molecule has 11 aromatic carbocycles. The van der Waals surface area contributed by atoms with E-state index >= 15 is 0 Å². The molecule has 0 saturated carbocycles. The molecule has 0 unspecified atom stereocenters. The van der Waals surface area contributed by atoms with Crippen LogP contribution in [0.4, 0.5) is 17.1 Å². The first-order valence-corrected chi connectivity index (χ1v) is 26.1. The lowest BCUT2D eigenvalue weighted by molar-refractivity contribution is 0.722. The van der Waals surface area contributed by atoms with Gasteiger partial charge < -0.3 is 4.90 Å². The maximum absolute atomic E-state index is 2.52. The molecule has 0 atom stereocenters. The number of hydrogen-bond donors (Lipinski definition) is 0. The van der Waals surface area contributed by atoms with Gasteiger partial charge in [0.15, 0.2) is 0 Å². The summed E-state index contributed by atoms with van der Waals surface area (Å²) in [5.74, 6) is 0. The number of benzene rings is 11. The van der Waals surface area contributed by atoms with Crippen molar-refractivity contribution < 1.29 is 0 Å². The second-order valence-corrected chi connectivity index (χ2v) is 21.2. The van der Waals surface area contributed by atoms with Crippen LogP contribution >= 0.6 is 23.5 Å². The Morgan fingerprint density at radius 1 is 0.225 bits per heavy atom. The van der Waals surface area contributed by atoms with Gasteiger partial charge in [0.2, 0.25) is 0 Å². The molecule has 15 rings (SSSR count). The molecule has 0 N–H and O–H groups in total. The Bertz CT molecular complexity index is 3870. The Labute approximate surface area is 423 Å². The van der Waals surface area contributed by atoms with Crippen molar-refractivity contribution in [3.8, 4) is 44.5 Å². The highest BCUT2D eigenvalue weighted by atomic mass is 32.2. The van der Waals surface area contributed by atoms with Crippen molar-refractivity contribution in [2.24, 2.45) is 0 Å². The number of anilines is 3. The molecule has 1 nitrogen and oxygen atoms in total. The van der Waals surface area contributed by atoms with Crippen LogP contribution in [0.1, 0.15) is 44.5 Å². The van der Waals surface area contributed by atoms with E-state index in [-0.39, 0.29) is 0 Å². The second kappa shape index (κ2) is 15.7. The molecule has 71 heavy (non-hydrogen) atoms. The summed E-state index contributed by atoms with van der Waals surface area (Å²) in [5.41, 5.74) is 23.0. The SMILES string of the molecule is c1ccc(-c2cccc(-c3ccc(N(c4ccc5c(c4)-c4ccccc4C54c5ccccc5Sc5ccccc54)c4ccc5c(c4)C4(c6ccccc6Sc6ccccc64)c4ccccc4-5)cc3)c2)cc1. The van der Waals surface area contributed by atoms with E-state index in [4.69, 9.17) is 0 Å². The van der Waals surface area contributed by atoms with Crippen LogP contribution in [0.3, 0.4) is 0 Å². The van der Waals surface area contributed by atoms with Gasteiger partial charge in [0.25, 0.3) is 0 Å². The minimum Gasteiger partial charge on any atom is -0.310 e. The highest BCUT2D eigenvalue weighted by Crippen LogP contribution is 2.65. The lowest BCUT2D eigenvalue weighted by atomic mass is 9.67. The Morgan fingerprint density at radius 2 is 0.606 bits per heavy atom. The fraction of sp³-hybridized carbons (Fsp3) is 0.0294. The molecule has 2 aliphatic carbocycles. The van der Waals surface area contributed by atoms with Crippen molar-refractivity contribution in [3.05, 3.63) is 305 Å². The smallest absolute Gasteiger partial charge is 0.0736 e. The minimum absolute atomic E-state index is 0.449. The van der Waals surface area contributed by atoms with E-state index in [0.717, 1.165) is 17.1 Å². The molecule has 3 heteroatoms. The normalized spacial score (nSPS) is 14.3. The molecule has 4 aliphatic rings. The zero-order valence-electron chi connectivity index (χ0n) is 38.6. The molecular weight excluding hydrogens is 895 g/mol. The van der Waals surface area contributed by atoms with Gasteiger partial charge in [-0.05, 0) is 156 Å². The number of fused-ring (bicyclic) bond motifs is 18. The average Bonchev–Trinajstić information content (AvgIpc) is 3.90. The first-order chi connectivity index (χ1) is 35.2. The van der Waals surface area contributed by atoms with Gasteiger partial charge in [-0.2, -0.15) is 0 Å². The van der Waals surface area contributed by atoms with Gasteiger partial charge >= 0.3 is 0 Å². The van der Waals surface area contributed by atoms with Crippen molar-refractivity contribution in [2.45, 2.75) is 30.4 Å². The Kier molecular flexibility index (Phi) is 9.03. The summed E-state index contributed by atoms with van der Waals surface area (Å²) >= 11 is 3.78. The highest BCUT2D eigenvalue weighted by Gasteiger charge is 2.52. The van der Waals surface area contributed by atoms with E-state index in [2.05, 4.69) is 266 Å².